The summed E-state index contributed by atoms with van der Waals surface area (Å²) in [6, 6.07) is 5.65. The maximum atomic E-state index is 12.6. The van der Waals surface area contributed by atoms with Crippen molar-refractivity contribution < 1.29 is 13.2 Å². The number of thiocarbonyl (C=S) groups is 1. The van der Waals surface area contributed by atoms with Gasteiger partial charge in [0.2, 0.25) is 0 Å². The first-order valence-corrected chi connectivity index (χ1v) is 4.99. The van der Waals surface area contributed by atoms with Gasteiger partial charge >= 0.3 is 6.18 Å². The molecular formula is C11H7F3N2S. The van der Waals surface area contributed by atoms with Crippen LogP contribution in [-0.4, -0.2) is 11.3 Å². The zero-order valence-electron chi connectivity index (χ0n) is 8.75. The molecule has 1 rings (SSSR count). The molecular weight excluding hydrogens is 249 g/mol. The fourth-order valence-electron chi connectivity index (χ4n) is 1.31. The van der Waals surface area contributed by atoms with Crippen LogP contribution in [0.4, 0.5) is 18.9 Å². The first-order valence-electron chi connectivity index (χ1n) is 4.58. The van der Waals surface area contributed by atoms with Gasteiger partial charge < -0.3 is 0 Å². The Morgan fingerprint density at radius 2 is 2.06 bits per heavy atom. The quantitative estimate of drug-likeness (QED) is 0.593. The highest BCUT2D eigenvalue weighted by Crippen LogP contribution is 2.37. The number of nitrogens with zero attached hydrogens (tertiary/aromatic N) is 2. The molecule has 1 unspecified atom stereocenters. The molecule has 0 fully saturated rings. The standard InChI is InChI=1S/C11H7F3N2S/c1-7(11(12,13)14)10-4-9(16-6-17)3-2-8(10)5-15/h2-4,7H,1H3. The van der Waals surface area contributed by atoms with Crippen molar-refractivity contribution in [2.24, 2.45) is 4.99 Å². The Labute approximate surface area is 101 Å². The van der Waals surface area contributed by atoms with Crippen molar-refractivity contribution in [2.75, 3.05) is 0 Å². The number of hydrogen-bond acceptors (Lipinski definition) is 3. The van der Waals surface area contributed by atoms with Crippen LogP contribution in [0.25, 0.3) is 0 Å². The van der Waals surface area contributed by atoms with Crippen molar-refractivity contribution in [2.45, 2.75) is 19.0 Å². The first kappa shape index (κ1) is 13.4. The predicted octanol–water partition coefficient (Wildman–Crippen LogP) is 3.96. The fourth-order valence-corrected chi connectivity index (χ4v) is 1.41. The smallest absolute Gasteiger partial charge is 0.195 e. The van der Waals surface area contributed by atoms with E-state index in [1.807, 2.05) is 0 Å². The van der Waals surface area contributed by atoms with Crippen molar-refractivity contribution >= 4 is 23.1 Å². The molecule has 17 heavy (non-hydrogen) atoms. The van der Waals surface area contributed by atoms with Gasteiger partial charge in [0.25, 0.3) is 0 Å². The van der Waals surface area contributed by atoms with Gasteiger partial charge in [-0.05, 0) is 42.9 Å². The second-order valence-corrected chi connectivity index (χ2v) is 3.53. The lowest BCUT2D eigenvalue weighted by atomic mass is 9.95. The maximum absolute atomic E-state index is 12.6. The monoisotopic (exact) mass is 256 g/mol. The number of hydrogen-bond donors (Lipinski definition) is 0. The molecule has 0 aliphatic carbocycles. The number of isothiocyanates is 1. The van der Waals surface area contributed by atoms with E-state index in [4.69, 9.17) is 5.26 Å². The molecule has 0 heterocycles. The van der Waals surface area contributed by atoms with Crippen LogP contribution in [-0.2, 0) is 0 Å². The zero-order chi connectivity index (χ0) is 13.1. The molecule has 0 amide bonds. The number of halogens is 3. The van der Waals surface area contributed by atoms with Crippen molar-refractivity contribution in [1.29, 1.82) is 5.26 Å². The van der Waals surface area contributed by atoms with Crippen molar-refractivity contribution in [1.82, 2.24) is 0 Å². The van der Waals surface area contributed by atoms with Crippen LogP contribution in [0.2, 0.25) is 0 Å². The second-order valence-electron chi connectivity index (χ2n) is 3.35. The molecule has 0 bridgehead atoms. The molecule has 0 aliphatic heterocycles. The minimum absolute atomic E-state index is 0.0156. The highest BCUT2D eigenvalue weighted by atomic mass is 32.1. The molecule has 1 atom stereocenters. The lowest BCUT2D eigenvalue weighted by molar-refractivity contribution is -0.146. The molecule has 0 saturated heterocycles. The van der Waals surface area contributed by atoms with Crippen LogP contribution >= 0.6 is 12.2 Å². The summed E-state index contributed by atoms with van der Waals surface area (Å²) in [5.41, 5.74) is 0.134. The van der Waals surface area contributed by atoms with Gasteiger partial charge in [-0.2, -0.15) is 23.4 Å². The minimum Gasteiger partial charge on any atom is -0.195 e. The summed E-state index contributed by atoms with van der Waals surface area (Å²) < 4.78 is 37.8. The van der Waals surface area contributed by atoms with E-state index in [1.165, 1.54) is 18.2 Å². The third-order valence-corrected chi connectivity index (χ3v) is 2.38. The van der Waals surface area contributed by atoms with Gasteiger partial charge in [0.15, 0.2) is 0 Å². The van der Waals surface area contributed by atoms with Gasteiger partial charge in [-0.3, -0.25) is 0 Å². The average Bonchev–Trinajstić information content (AvgIpc) is 2.27. The van der Waals surface area contributed by atoms with E-state index >= 15 is 0 Å². The van der Waals surface area contributed by atoms with Crippen LogP contribution in [0.3, 0.4) is 0 Å². The molecule has 1 aromatic carbocycles. The van der Waals surface area contributed by atoms with E-state index in [9.17, 15) is 13.2 Å². The first-order chi connectivity index (χ1) is 7.90. The highest BCUT2D eigenvalue weighted by Gasteiger charge is 2.38. The van der Waals surface area contributed by atoms with Crippen molar-refractivity contribution in [3.05, 3.63) is 29.3 Å². The minimum atomic E-state index is -4.40. The Bertz CT molecular complexity index is 510. The van der Waals surface area contributed by atoms with E-state index in [-0.39, 0.29) is 16.8 Å². The molecule has 0 saturated carbocycles. The lowest BCUT2D eigenvalue weighted by Crippen LogP contribution is -2.18. The Hall–Kier alpha value is -1.70. The fraction of sp³-hybridized carbons (Fsp3) is 0.273. The van der Waals surface area contributed by atoms with Gasteiger partial charge in [-0.15, -0.1) is 0 Å². The molecule has 0 spiro atoms. The topological polar surface area (TPSA) is 36.1 Å². The largest absolute Gasteiger partial charge is 0.395 e. The summed E-state index contributed by atoms with van der Waals surface area (Å²) >= 11 is 4.37. The SMILES string of the molecule is CC(c1cc(N=C=S)ccc1C#N)C(F)(F)F. The van der Waals surface area contributed by atoms with Gasteiger partial charge in [-0.25, -0.2) is 0 Å². The maximum Gasteiger partial charge on any atom is 0.395 e. The molecule has 0 aliphatic rings. The normalized spacial score (nSPS) is 12.4. The Balaban J connectivity index is 3.34. The van der Waals surface area contributed by atoms with Crippen LogP contribution in [0, 0.1) is 11.3 Å². The average molecular weight is 256 g/mol. The Morgan fingerprint density at radius 1 is 1.41 bits per heavy atom. The third kappa shape index (κ3) is 3.13. The van der Waals surface area contributed by atoms with Gasteiger partial charge in [0.05, 0.1) is 28.4 Å². The number of aliphatic imine (C=N–C) groups is 1. The predicted molar refractivity (Wildman–Crippen MR) is 60.3 cm³/mol. The second kappa shape index (κ2) is 5.09. The van der Waals surface area contributed by atoms with Crippen LogP contribution in [0.5, 0.6) is 0 Å². The molecule has 2 nitrogen and oxygen atoms in total. The molecule has 0 radical (unpaired) electrons. The van der Waals surface area contributed by atoms with E-state index in [0.717, 1.165) is 6.92 Å². The van der Waals surface area contributed by atoms with E-state index < -0.39 is 12.1 Å². The summed E-state index contributed by atoms with van der Waals surface area (Å²) in [5, 5.41) is 10.8. The van der Waals surface area contributed by atoms with Crippen LogP contribution < -0.4 is 0 Å². The zero-order valence-corrected chi connectivity index (χ0v) is 9.56. The third-order valence-electron chi connectivity index (χ3n) is 2.29. The molecule has 1 aromatic rings. The lowest BCUT2D eigenvalue weighted by Gasteiger charge is -2.17. The van der Waals surface area contributed by atoms with Gasteiger partial charge in [-0.1, -0.05) is 0 Å². The van der Waals surface area contributed by atoms with E-state index in [2.05, 4.69) is 22.4 Å². The molecule has 88 valence electrons. The number of nitriles is 1. The molecule has 0 aromatic heterocycles. The summed E-state index contributed by atoms with van der Waals surface area (Å²) in [7, 11) is 0. The molecule has 6 heteroatoms. The van der Waals surface area contributed by atoms with Crippen LogP contribution in [0.15, 0.2) is 23.2 Å². The Morgan fingerprint density at radius 3 is 2.53 bits per heavy atom. The summed E-state index contributed by atoms with van der Waals surface area (Å²) in [6.45, 7) is 1.00. The van der Waals surface area contributed by atoms with Crippen LogP contribution in [0.1, 0.15) is 24.0 Å². The number of benzene rings is 1. The number of rotatable bonds is 2. The number of alkyl halides is 3. The van der Waals surface area contributed by atoms with Crippen molar-refractivity contribution in [3.8, 4) is 6.07 Å². The van der Waals surface area contributed by atoms with E-state index in [1.54, 1.807) is 6.07 Å². The van der Waals surface area contributed by atoms with Gasteiger partial charge in [0, 0.05) is 0 Å². The van der Waals surface area contributed by atoms with E-state index in [0.29, 0.717) is 0 Å². The van der Waals surface area contributed by atoms with Gasteiger partial charge in [0.1, 0.15) is 0 Å². The summed E-state index contributed by atoms with van der Waals surface area (Å²) in [6.07, 6.45) is -4.40. The highest BCUT2D eigenvalue weighted by molar-refractivity contribution is 7.78. The molecule has 0 N–H and O–H groups in total. The Kier molecular flexibility index (Phi) is 4.00. The van der Waals surface area contributed by atoms with Crippen molar-refractivity contribution in [3.63, 3.8) is 0 Å². The summed E-state index contributed by atoms with van der Waals surface area (Å²) in [4.78, 5) is 3.60. The summed E-state index contributed by atoms with van der Waals surface area (Å²) in [5.74, 6) is -1.72.